The van der Waals surface area contributed by atoms with Crippen molar-refractivity contribution in [1.29, 1.82) is 0 Å². The van der Waals surface area contributed by atoms with Gasteiger partial charge in [0.25, 0.3) is 5.91 Å². The highest BCUT2D eigenvalue weighted by Gasteiger charge is 2.35. The Labute approximate surface area is 194 Å². The molecule has 33 heavy (non-hydrogen) atoms. The number of hydrogen-bond acceptors (Lipinski definition) is 4. The lowest BCUT2D eigenvalue weighted by Gasteiger charge is -2.32. The van der Waals surface area contributed by atoms with E-state index in [2.05, 4.69) is 20.6 Å². The van der Waals surface area contributed by atoms with Crippen molar-refractivity contribution in [3.05, 3.63) is 82.9 Å². The summed E-state index contributed by atoms with van der Waals surface area (Å²) in [4.78, 5) is 21.1. The van der Waals surface area contributed by atoms with Crippen molar-refractivity contribution in [3.8, 4) is 11.1 Å². The van der Waals surface area contributed by atoms with E-state index in [9.17, 15) is 18.0 Å². The molecular weight excluding hydrogens is 453 g/mol. The molecule has 0 unspecified atom stereocenters. The normalized spacial score (nSPS) is 17.4. The number of rotatable bonds is 5. The summed E-state index contributed by atoms with van der Waals surface area (Å²) >= 11 is 5.98. The van der Waals surface area contributed by atoms with E-state index in [1.165, 1.54) is 18.5 Å². The maximum absolute atomic E-state index is 13.3. The van der Waals surface area contributed by atoms with Crippen LogP contribution in [0.3, 0.4) is 0 Å². The summed E-state index contributed by atoms with van der Waals surface area (Å²) in [5.41, 5.74) is 1.38. The standard InChI is InChI=1S/C24H22ClF3N4O/c25-21-18(4-3-5-19(21)24(26,27)28)23(33)32-22(20-6-1-2-11-31-20)16-9-7-15(8-10-16)17-12-29-14-30-13-17/h3-5,7-10,12-14,20,22,31H,1-2,6,11H2,(H,32,33)/t20-,22-/m0/s1. The number of carbonyl (C=O) groups is 1. The van der Waals surface area contributed by atoms with Gasteiger partial charge in [-0.1, -0.05) is 48.4 Å². The third kappa shape index (κ3) is 5.34. The summed E-state index contributed by atoms with van der Waals surface area (Å²) in [6, 6.07) is 10.5. The molecule has 0 aliphatic carbocycles. The van der Waals surface area contributed by atoms with E-state index < -0.39 is 28.7 Å². The molecule has 2 N–H and O–H groups in total. The van der Waals surface area contributed by atoms with Crippen molar-refractivity contribution in [2.45, 2.75) is 37.5 Å². The average Bonchev–Trinajstić information content (AvgIpc) is 2.83. The van der Waals surface area contributed by atoms with E-state index in [0.29, 0.717) is 0 Å². The molecule has 0 spiro atoms. The highest BCUT2D eigenvalue weighted by atomic mass is 35.5. The minimum atomic E-state index is -4.64. The van der Waals surface area contributed by atoms with Gasteiger partial charge in [0, 0.05) is 24.0 Å². The molecule has 1 aromatic heterocycles. The lowest BCUT2D eigenvalue weighted by molar-refractivity contribution is -0.137. The molecule has 1 fully saturated rings. The monoisotopic (exact) mass is 474 g/mol. The Morgan fingerprint density at radius 3 is 2.42 bits per heavy atom. The van der Waals surface area contributed by atoms with E-state index in [0.717, 1.165) is 48.6 Å². The lowest BCUT2D eigenvalue weighted by Crippen LogP contribution is -2.46. The summed E-state index contributed by atoms with van der Waals surface area (Å²) in [6.45, 7) is 0.806. The predicted molar refractivity (Wildman–Crippen MR) is 120 cm³/mol. The first-order chi connectivity index (χ1) is 15.8. The Bertz CT molecular complexity index is 1100. The average molecular weight is 475 g/mol. The van der Waals surface area contributed by atoms with Gasteiger partial charge in [0.15, 0.2) is 0 Å². The van der Waals surface area contributed by atoms with Gasteiger partial charge in [-0.05, 0) is 42.6 Å². The van der Waals surface area contributed by atoms with Crippen LogP contribution in [0.2, 0.25) is 5.02 Å². The molecule has 5 nitrogen and oxygen atoms in total. The van der Waals surface area contributed by atoms with Crippen molar-refractivity contribution >= 4 is 17.5 Å². The van der Waals surface area contributed by atoms with Gasteiger partial charge in [-0.25, -0.2) is 9.97 Å². The summed E-state index contributed by atoms with van der Waals surface area (Å²) in [7, 11) is 0. The first kappa shape index (κ1) is 23.2. The highest BCUT2D eigenvalue weighted by Crippen LogP contribution is 2.36. The van der Waals surface area contributed by atoms with E-state index in [-0.39, 0.29) is 11.6 Å². The topological polar surface area (TPSA) is 66.9 Å². The third-order valence-electron chi connectivity index (χ3n) is 5.75. The molecule has 1 aliphatic heterocycles. The SMILES string of the molecule is O=C(N[C@@H](c1ccc(-c2cncnc2)cc1)[C@@H]1CCCCN1)c1cccc(C(F)(F)F)c1Cl. The molecular formula is C24H22ClF3N4O. The highest BCUT2D eigenvalue weighted by molar-refractivity contribution is 6.34. The van der Waals surface area contributed by atoms with Crippen LogP contribution in [0.15, 0.2) is 61.2 Å². The van der Waals surface area contributed by atoms with Gasteiger partial charge in [0.2, 0.25) is 0 Å². The number of benzene rings is 2. The molecule has 172 valence electrons. The fourth-order valence-electron chi connectivity index (χ4n) is 4.06. The zero-order valence-electron chi connectivity index (χ0n) is 17.6. The molecule has 1 amide bonds. The molecule has 0 radical (unpaired) electrons. The second-order valence-electron chi connectivity index (χ2n) is 7.92. The Kier molecular flexibility index (Phi) is 6.95. The zero-order chi connectivity index (χ0) is 23.4. The van der Waals surface area contributed by atoms with Crippen LogP contribution in [-0.4, -0.2) is 28.5 Å². The molecule has 3 aromatic rings. The Morgan fingerprint density at radius 2 is 1.79 bits per heavy atom. The molecule has 2 atom stereocenters. The van der Waals surface area contributed by atoms with Crippen molar-refractivity contribution < 1.29 is 18.0 Å². The molecule has 0 bridgehead atoms. The van der Waals surface area contributed by atoms with Crippen LogP contribution in [0, 0.1) is 0 Å². The number of nitrogens with one attached hydrogen (secondary N) is 2. The van der Waals surface area contributed by atoms with E-state index >= 15 is 0 Å². The van der Waals surface area contributed by atoms with Crippen LogP contribution in [0.25, 0.3) is 11.1 Å². The van der Waals surface area contributed by atoms with Gasteiger partial charge in [0.05, 0.1) is 22.2 Å². The number of hydrogen-bond donors (Lipinski definition) is 2. The molecule has 9 heteroatoms. The quantitative estimate of drug-likeness (QED) is 0.517. The van der Waals surface area contributed by atoms with Crippen LogP contribution in [0.5, 0.6) is 0 Å². The number of piperidine rings is 1. The maximum Gasteiger partial charge on any atom is 0.417 e. The summed E-state index contributed by atoms with van der Waals surface area (Å²) in [6.07, 6.45) is 3.08. The summed E-state index contributed by atoms with van der Waals surface area (Å²) in [5, 5.41) is 5.74. The molecule has 1 aliphatic rings. The van der Waals surface area contributed by atoms with Gasteiger partial charge >= 0.3 is 6.18 Å². The molecule has 1 saturated heterocycles. The first-order valence-corrected chi connectivity index (χ1v) is 11.0. The number of alkyl halides is 3. The number of halogens is 4. The van der Waals surface area contributed by atoms with Gasteiger partial charge in [-0.2, -0.15) is 13.2 Å². The van der Waals surface area contributed by atoms with Crippen molar-refractivity contribution in [1.82, 2.24) is 20.6 Å². The van der Waals surface area contributed by atoms with E-state index in [4.69, 9.17) is 11.6 Å². The van der Waals surface area contributed by atoms with E-state index in [1.807, 2.05) is 24.3 Å². The molecule has 4 rings (SSSR count). The second kappa shape index (κ2) is 9.89. The largest absolute Gasteiger partial charge is 0.417 e. The minimum Gasteiger partial charge on any atom is -0.344 e. The van der Waals surface area contributed by atoms with Gasteiger partial charge in [0.1, 0.15) is 6.33 Å². The fraction of sp³-hybridized carbons (Fsp3) is 0.292. The van der Waals surface area contributed by atoms with Crippen LogP contribution < -0.4 is 10.6 Å². The van der Waals surface area contributed by atoms with Gasteiger partial charge in [-0.15, -0.1) is 0 Å². The van der Waals surface area contributed by atoms with Crippen LogP contribution in [-0.2, 0) is 6.18 Å². The number of carbonyl (C=O) groups excluding carboxylic acids is 1. The Morgan fingerprint density at radius 1 is 1.06 bits per heavy atom. The number of aromatic nitrogens is 2. The van der Waals surface area contributed by atoms with Crippen molar-refractivity contribution in [3.63, 3.8) is 0 Å². The summed E-state index contributed by atoms with van der Waals surface area (Å²) in [5.74, 6) is -0.649. The molecule has 2 aromatic carbocycles. The number of nitrogens with zero attached hydrogens (tertiary/aromatic N) is 2. The Balaban J connectivity index is 1.63. The zero-order valence-corrected chi connectivity index (χ0v) is 18.3. The minimum absolute atomic E-state index is 0.0572. The summed E-state index contributed by atoms with van der Waals surface area (Å²) < 4.78 is 39.8. The van der Waals surface area contributed by atoms with Crippen LogP contribution in [0.1, 0.15) is 46.8 Å². The van der Waals surface area contributed by atoms with Crippen LogP contribution in [0.4, 0.5) is 13.2 Å². The third-order valence-corrected chi connectivity index (χ3v) is 6.16. The first-order valence-electron chi connectivity index (χ1n) is 10.6. The van der Waals surface area contributed by atoms with Crippen molar-refractivity contribution in [2.24, 2.45) is 0 Å². The van der Waals surface area contributed by atoms with Gasteiger partial charge < -0.3 is 10.6 Å². The van der Waals surface area contributed by atoms with Gasteiger partial charge in [-0.3, -0.25) is 4.79 Å². The maximum atomic E-state index is 13.3. The van der Waals surface area contributed by atoms with Crippen LogP contribution >= 0.6 is 11.6 Å². The molecule has 2 heterocycles. The van der Waals surface area contributed by atoms with Crippen molar-refractivity contribution in [2.75, 3.05) is 6.54 Å². The molecule has 0 saturated carbocycles. The Hall–Kier alpha value is -2.97. The lowest BCUT2D eigenvalue weighted by atomic mass is 9.91. The second-order valence-corrected chi connectivity index (χ2v) is 8.30. The van der Waals surface area contributed by atoms with E-state index in [1.54, 1.807) is 12.4 Å². The predicted octanol–water partition coefficient (Wildman–Crippen LogP) is 5.43. The fourth-order valence-corrected chi connectivity index (χ4v) is 4.37. The smallest absolute Gasteiger partial charge is 0.344 e. The number of amides is 1.